The first kappa shape index (κ1) is 16.4. The van der Waals surface area contributed by atoms with E-state index in [2.05, 4.69) is 4.74 Å². The van der Waals surface area contributed by atoms with E-state index in [4.69, 9.17) is 0 Å². The molecule has 0 aliphatic rings. The van der Waals surface area contributed by atoms with Gasteiger partial charge in [-0.05, 0) is 6.42 Å². The number of carbonyl (C=O) groups excluding carboxylic acids is 1. The third-order valence-electron chi connectivity index (χ3n) is 2.23. The molecule has 0 aromatic heterocycles. The monoisotopic (exact) mass is 258 g/mol. The van der Waals surface area contributed by atoms with Crippen molar-refractivity contribution in [2.24, 2.45) is 5.92 Å². The first-order chi connectivity index (χ1) is 7.72. The van der Waals surface area contributed by atoms with Gasteiger partial charge in [-0.25, -0.2) is 8.78 Å². The third kappa shape index (κ3) is 5.48. The Morgan fingerprint density at radius 2 is 1.82 bits per heavy atom. The number of hydrogen-bond acceptors (Lipinski definition) is 2. The van der Waals surface area contributed by atoms with Gasteiger partial charge >= 0.3 is 12.3 Å². The average Bonchev–Trinajstić information content (AvgIpc) is 2.22. The molecular formula is C11H18F4O2. The summed E-state index contributed by atoms with van der Waals surface area (Å²) in [5.41, 5.74) is 0. The van der Waals surface area contributed by atoms with E-state index in [-0.39, 0.29) is 18.1 Å². The molecule has 0 rings (SSSR count). The molecule has 6 heteroatoms. The molecule has 0 heterocycles. The van der Waals surface area contributed by atoms with Crippen LogP contribution in [0.15, 0.2) is 0 Å². The highest BCUT2D eigenvalue weighted by Gasteiger charge is 2.42. The van der Waals surface area contributed by atoms with E-state index in [1.807, 2.05) is 0 Å². The molecule has 0 saturated heterocycles. The molecular weight excluding hydrogens is 240 g/mol. The third-order valence-corrected chi connectivity index (χ3v) is 2.23. The molecule has 0 fully saturated rings. The Labute approximate surface area is 98.3 Å². The highest BCUT2D eigenvalue weighted by atomic mass is 19.3. The zero-order valence-corrected chi connectivity index (χ0v) is 10.2. The van der Waals surface area contributed by atoms with Gasteiger partial charge < -0.3 is 4.74 Å². The van der Waals surface area contributed by atoms with Gasteiger partial charge in [0.05, 0.1) is 0 Å². The summed E-state index contributed by atoms with van der Waals surface area (Å²) in [5.74, 6) is -4.91. The summed E-state index contributed by atoms with van der Waals surface area (Å²) >= 11 is 0. The van der Waals surface area contributed by atoms with E-state index in [1.54, 1.807) is 20.8 Å². The van der Waals surface area contributed by atoms with E-state index >= 15 is 0 Å². The highest BCUT2D eigenvalue weighted by molar-refractivity contribution is 5.84. The van der Waals surface area contributed by atoms with Crippen molar-refractivity contribution in [1.29, 1.82) is 0 Å². The predicted molar refractivity (Wildman–Crippen MR) is 55.4 cm³/mol. The first-order valence-corrected chi connectivity index (χ1v) is 5.53. The van der Waals surface area contributed by atoms with Gasteiger partial charge in [0, 0.05) is 5.92 Å². The molecule has 1 atom stereocenters. The summed E-state index contributed by atoms with van der Waals surface area (Å²) in [7, 11) is 0. The van der Waals surface area contributed by atoms with Crippen molar-refractivity contribution in [3.8, 4) is 0 Å². The van der Waals surface area contributed by atoms with Gasteiger partial charge in [0.2, 0.25) is 0 Å². The number of hydrogen-bond donors (Lipinski definition) is 0. The Kier molecular flexibility index (Phi) is 6.67. The number of halogens is 4. The number of ether oxygens (including phenoxy) is 1. The molecule has 102 valence electrons. The second kappa shape index (κ2) is 6.93. The molecule has 0 spiro atoms. The Morgan fingerprint density at radius 3 is 2.18 bits per heavy atom. The fraction of sp³-hybridized carbons (Fsp3) is 0.909. The molecule has 0 unspecified atom stereocenters. The maximum Gasteiger partial charge on any atom is 0.330 e. The molecule has 0 aromatic carbocycles. The van der Waals surface area contributed by atoms with Crippen molar-refractivity contribution in [2.45, 2.75) is 52.1 Å². The molecule has 0 N–H and O–H groups in total. The van der Waals surface area contributed by atoms with Gasteiger partial charge in [0.25, 0.3) is 0 Å². The SMILES string of the molecule is CCC[C@@H](OCC(F)(F)C(F)F)C(=O)C(C)C. The smallest absolute Gasteiger partial charge is 0.330 e. The quantitative estimate of drug-likeness (QED) is 0.624. The Morgan fingerprint density at radius 1 is 1.29 bits per heavy atom. The van der Waals surface area contributed by atoms with Crippen LogP contribution in [0.1, 0.15) is 33.6 Å². The number of alkyl halides is 4. The lowest BCUT2D eigenvalue weighted by molar-refractivity contribution is -0.180. The van der Waals surface area contributed by atoms with Crippen LogP contribution in [-0.2, 0) is 9.53 Å². The van der Waals surface area contributed by atoms with Gasteiger partial charge in [-0.15, -0.1) is 0 Å². The zero-order valence-electron chi connectivity index (χ0n) is 10.2. The summed E-state index contributed by atoms with van der Waals surface area (Å²) in [6.45, 7) is 3.56. The Bertz CT molecular complexity index is 242. The summed E-state index contributed by atoms with van der Waals surface area (Å²) < 4.78 is 53.7. The molecule has 0 saturated carbocycles. The Balaban J connectivity index is 4.42. The van der Waals surface area contributed by atoms with Crippen LogP contribution in [0.2, 0.25) is 0 Å². The van der Waals surface area contributed by atoms with Gasteiger partial charge in [-0.2, -0.15) is 8.78 Å². The standard InChI is InChI=1S/C11H18F4O2/c1-4-5-8(9(16)7(2)3)17-6-11(14,15)10(12)13/h7-8,10H,4-6H2,1-3H3/t8-/m1/s1. The van der Waals surface area contributed by atoms with Gasteiger partial charge in [0.1, 0.15) is 12.7 Å². The summed E-state index contributed by atoms with van der Waals surface area (Å²) in [5, 5.41) is 0. The number of rotatable bonds is 8. The van der Waals surface area contributed by atoms with E-state index in [0.29, 0.717) is 6.42 Å². The van der Waals surface area contributed by atoms with Crippen molar-refractivity contribution in [1.82, 2.24) is 0 Å². The van der Waals surface area contributed by atoms with Gasteiger partial charge in [0.15, 0.2) is 5.78 Å². The predicted octanol–water partition coefficient (Wildman–Crippen LogP) is 3.30. The van der Waals surface area contributed by atoms with Crippen molar-refractivity contribution in [3.63, 3.8) is 0 Å². The van der Waals surface area contributed by atoms with Gasteiger partial charge in [-0.1, -0.05) is 27.2 Å². The minimum absolute atomic E-state index is 0.260. The van der Waals surface area contributed by atoms with E-state index in [0.717, 1.165) is 0 Å². The molecule has 0 amide bonds. The lowest BCUT2D eigenvalue weighted by Crippen LogP contribution is -2.37. The van der Waals surface area contributed by atoms with Crippen molar-refractivity contribution in [2.75, 3.05) is 6.61 Å². The lowest BCUT2D eigenvalue weighted by atomic mass is 10.0. The molecule has 17 heavy (non-hydrogen) atoms. The van der Waals surface area contributed by atoms with Crippen LogP contribution < -0.4 is 0 Å². The molecule has 0 radical (unpaired) electrons. The minimum atomic E-state index is -4.21. The van der Waals surface area contributed by atoms with Crippen LogP contribution in [0.5, 0.6) is 0 Å². The van der Waals surface area contributed by atoms with Crippen LogP contribution in [-0.4, -0.2) is 30.8 Å². The summed E-state index contributed by atoms with van der Waals surface area (Å²) in [4.78, 5) is 11.6. The molecule has 0 aliphatic carbocycles. The number of ketones is 1. The summed E-state index contributed by atoms with van der Waals surface area (Å²) in [6, 6.07) is 0. The van der Waals surface area contributed by atoms with Crippen LogP contribution in [0.3, 0.4) is 0 Å². The summed E-state index contributed by atoms with van der Waals surface area (Å²) in [6.07, 6.45) is -3.98. The van der Waals surface area contributed by atoms with Crippen LogP contribution in [0, 0.1) is 5.92 Å². The topological polar surface area (TPSA) is 26.3 Å². The van der Waals surface area contributed by atoms with Crippen molar-refractivity contribution < 1.29 is 27.1 Å². The van der Waals surface area contributed by atoms with Gasteiger partial charge in [-0.3, -0.25) is 4.79 Å². The van der Waals surface area contributed by atoms with Crippen LogP contribution in [0.4, 0.5) is 17.6 Å². The zero-order chi connectivity index (χ0) is 13.6. The number of Topliss-reactive ketones (excluding diaryl/α,β-unsaturated/α-hetero) is 1. The molecule has 0 aromatic rings. The van der Waals surface area contributed by atoms with Crippen LogP contribution >= 0.6 is 0 Å². The fourth-order valence-corrected chi connectivity index (χ4v) is 1.22. The first-order valence-electron chi connectivity index (χ1n) is 5.53. The van der Waals surface area contributed by atoms with Crippen molar-refractivity contribution in [3.05, 3.63) is 0 Å². The maximum atomic E-state index is 12.6. The fourth-order valence-electron chi connectivity index (χ4n) is 1.22. The normalized spacial score (nSPS) is 14.4. The molecule has 0 bridgehead atoms. The van der Waals surface area contributed by atoms with Crippen LogP contribution in [0.25, 0.3) is 0 Å². The maximum absolute atomic E-state index is 12.6. The van der Waals surface area contributed by atoms with Crippen molar-refractivity contribution >= 4 is 5.78 Å². The Hall–Kier alpha value is -0.650. The average molecular weight is 258 g/mol. The molecule has 2 nitrogen and oxygen atoms in total. The minimum Gasteiger partial charge on any atom is -0.364 e. The van der Waals surface area contributed by atoms with E-state index < -0.39 is 25.1 Å². The molecule has 0 aliphatic heterocycles. The lowest BCUT2D eigenvalue weighted by Gasteiger charge is -2.21. The van der Waals surface area contributed by atoms with E-state index in [1.165, 1.54) is 0 Å². The largest absolute Gasteiger partial charge is 0.364 e. The number of carbonyl (C=O) groups is 1. The van der Waals surface area contributed by atoms with E-state index in [9.17, 15) is 22.4 Å². The second-order valence-corrected chi connectivity index (χ2v) is 4.21. The highest BCUT2D eigenvalue weighted by Crippen LogP contribution is 2.24. The second-order valence-electron chi connectivity index (χ2n) is 4.21.